The minimum Gasteiger partial charge on any atom is -0.383 e. The van der Waals surface area contributed by atoms with Crippen LogP contribution in [0.5, 0.6) is 0 Å². The molecule has 2 N–H and O–H groups in total. The standard InChI is InChI=1S/C27H33N7O5S/c1-18-4-7-23(19(2)16-18)40(37,38)27-25-29-26(36)21-6-5-20(17-22(21)34(25)31-30-27)33-13-11-32(12-14-33)10-8-24(35)28-9-15-39-3/h4-7,16-17,31H,8-15H2,1-3H3,(H,28,35). The van der Waals surface area contributed by atoms with Crippen molar-refractivity contribution < 1.29 is 17.9 Å². The van der Waals surface area contributed by atoms with Gasteiger partial charge in [-0.2, -0.15) is 4.98 Å². The maximum absolute atomic E-state index is 13.5. The van der Waals surface area contributed by atoms with Crippen molar-refractivity contribution in [2.75, 3.05) is 57.9 Å². The fourth-order valence-electron chi connectivity index (χ4n) is 5.05. The first kappa shape index (κ1) is 27.7. The molecule has 13 heteroatoms. The predicted molar refractivity (Wildman–Crippen MR) is 151 cm³/mol. The van der Waals surface area contributed by atoms with Gasteiger partial charge in [0.1, 0.15) is 0 Å². The lowest BCUT2D eigenvalue weighted by molar-refractivity contribution is -0.121. The largest absolute Gasteiger partial charge is 0.383 e. The number of benzene rings is 2. The van der Waals surface area contributed by atoms with Gasteiger partial charge in [-0.25, -0.2) is 18.1 Å². The number of hydrogen-bond acceptors (Lipinski definition) is 9. The summed E-state index contributed by atoms with van der Waals surface area (Å²) >= 11 is 0. The van der Waals surface area contributed by atoms with Crippen LogP contribution in [0.1, 0.15) is 17.5 Å². The fourth-order valence-corrected chi connectivity index (χ4v) is 6.53. The number of nitrogens with one attached hydrogen (secondary N) is 2. The number of nitrogens with zero attached hydrogens (tertiary/aromatic N) is 5. The van der Waals surface area contributed by atoms with Gasteiger partial charge in [-0.3, -0.25) is 14.5 Å². The highest BCUT2D eigenvalue weighted by Gasteiger charge is 2.28. The molecular formula is C27H33N7O5S. The van der Waals surface area contributed by atoms with Gasteiger partial charge in [0, 0.05) is 58.5 Å². The molecule has 2 aromatic heterocycles. The van der Waals surface area contributed by atoms with Crippen LogP contribution < -0.4 is 15.8 Å². The van der Waals surface area contributed by atoms with Crippen LogP contribution in [0.4, 0.5) is 5.69 Å². The Morgan fingerprint density at radius 2 is 1.88 bits per heavy atom. The van der Waals surface area contributed by atoms with Gasteiger partial charge in [0.2, 0.25) is 20.8 Å². The zero-order valence-electron chi connectivity index (χ0n) is 22.8. The average Bonchev–Trinajstić information content (AvgIpc) is 3.37. The SMILES string of the molecule is COCCNC(=O)CCN1CCN(c2ccc3c(=O)nc4c(S(=O)(=O)c5ccc(C)cc5C)n[nH]n4c3c2)CC1. The summed E-state index contributed by atoms with van der Waals surface area (Å²) in [6.45, 7) is 8.37. The van der Waals surface area contributed by atoms with Crippen molar-refractivity contribution in [1.29, 1.82) is 0 Å². The molecule has 4 aromatic rings. The molecule has 1 saturated heterocycles. The number of methoxy groups -OCH3 is 1. The van der Waals surface area contributed by atoms with Crippen LogP contribution in [0.2, 0.25) is 0 Å². The third-order valence-corrected chi connectivity index (χ3v) is 9.03. The second-order valence-corrected chi connectivity index (χ2v) is 11.8. The summed E-state index contributed by atoms with van der Waals surface area (Å²) < 4.78 is 33.4. The molecule has 0 spiro atoms. The summed E-state index contributed by atoms with van der Waals surface area (Å²) in [7, 11) is -2.43. The van der Waals surface area contributed by atoms with E-state index in [1.807, 2.05) is 19.1 Å². The van der Waals surface area contributed by atoms with E-state index >= 15 is 0 Å². The van der Waals surface area contributed by atoms with Crippen LogP contribution >= 0.6 is 0 Å². The average molecular weight is 568 g/mol. The Morgan fingerprint density at radius 3 is 2.60 bits per heavy atom. The zero-order chi connectivity index (χ0) is 28.4. The molecule has 40 heavy (non-hydrogen) atoms. The summed E-state index contributed by atoms with van der Waals surface area (Å²) in [4.78, 5) is 33.6. The van der Waals surface area contributed by atoms with E-state index in [0.29, 0.717) is 42.6 Å². The van der Waals surface area contributed by atoms with E-state index in [4.69, 9.17) is 4.74 Å². The van der Waals surface area contributed by atoms with Crippen LogP contribution in [0.25, 0.3) is 16.6 Å². The molecule has 0 aliphatic carbocycles. The van der Waals surface area contributed by atoms with Crippen LogP contribution in [0.3, 0.4) is 0 Å². The van der Waals surface area contributed by atoms with Crippen molar-refractivity contribution in [3.05, 3.63) is 57.9 Å². The highest BCUT2D eigenvalue weighted by atomic mass is 32.2. The van der Waals surface area contributed by atoms with E-state index in [2.05, 4.69) is 30.4 Å². The third kappa shape index (κ3) is 5.44. The second kappa shape index (κ2) is 11.4. The smallest absolute Gasteiger partial charge is 0.281 e. The zero-order valence-corrected chi connectivity index (χ0v) is 23.6. The number of hydrogen-bond donors (Lipinski definition) is 2. The van der Waals surface area contributed by atoms with Crippen molar-refractivity contribution in [3.63, 3.8) is 0 Å². The minimum absolute atomic E-state index is 0.00977. The molecular weight excluding hydrogens is 534 g/mol. The van der Waals surface area contributed by atoms with Crippen molar-refractivity contribution in [2.24, 2.45) is 0 Å². The number of sulfone groups is 1. The van der Waals surface area contributed by atoms with Crippen molar-refractivity contribution in [2.45, 2.75) is 30.2 Å². The second-order valence-electron chi connectivity index (χ2n) is 9.99. The lowest BCUT2D eigenvalue weighted by Crippen LogP contribution is -2.47. The first-order valence-electron chi connectivity index (χ1n) is 13.1. The topological polar surface area (TPSA) is 142 Å². The molecule has 0 saturated carbocycles. The first-order valence-corrected chi connectivity index (χ1v) is 14.6. The van der Waals surface area contributed by atoms with E-state index in [0.717, 1.165) is 37.4 Å². The number of H-pyrrole nitrogens is 1. The number of aromatic nitrogens is 4. The molecule has 2 aromatic carbocycles. The van der Waals surface area contributed by atoms with Gasteiger partial charge in [0.05, 0.1) is 22.4 Å². The molecule has 0 unspecified atom stereocenters. The van der Waals surface area contributed by atoms with Gasteiger partial charge in [-0.05, 0) is 43.7 Å². The quantitative estimate of drug-likeness (QED) is 0.286. The molecule has 1 fully saturated rings. The Balaban J connectivity index is 1.37. The van der Waals surface area contributed by atoms with Crippen LogP contribution in [-0.4, -0.2) is 92.0 Å². The Morgan fingerprint density at radius 1 is 1.10 bits per heavy atom. The Hall–Kier alpha value is -3.81. The number of carbonyl (C=O) groups is 1. The molecule has 1 aliphatic rings. The minimum atomic E-state index is -4.03. The van der Waals surface area contributed by atoms with Gasteiger partial charge in [0.15, 0.2) is 5.65 Å². The number of rotatable bonds is 9. The maximum Gasteiger partial charge on any atom is 0.281 e. The molecule has 1 aliphatic heterocycles. The first-order chi connectivity index (χ1) is 19.2. The van der Waals surface area contributed by atoms with Crippen LogP contribution in [0, 0.1) is 13.8 Å². The predicted octanol–water partition coefficient (Wildman–Crippen LogP) is 1.30. The number of anilines is 1. The molecule has 5 rings (SSSR count). The number of carbonyl (C=O) groups excluding carboxylic acids is 1. The van der Waals surface area contributed by atoms with E-state index in [1.54, 1.807) is 38.3 Å². The lowest BCUT2D eigenvalue weighted by atomic mass is 10.2. The molecule has 0 atom stereocenters. The monoisotopic (exact) mass is 567 g/mol. The Kier molecular flexibility index (Phi) is 7.88. The normalized spacial score (nSPS) is 14.7. The number of aryl methyl sites for hydroxylation is 2. The Labute approximate surface area is 231 Å². The number of fused-ring (bicyclic) bond motifs is 3. The fraction of sp³-hybridized carbons (Fsp3) is 0.407. The van der Waals surface area contributed by atoms with Gasteiger partial charge in [-0.1, -0.05) is 17.7 Å². The highest BCUT2D eigenvalue weighted by Crippen LogP contribution is 2.27. The van der Waals surface area contributed by atoms with Crippen LogP contribution in [0.15, 0.2) is 51.1 Å². The summed E-state index contributed by atoms with van der Waals surface area (Å²) in [6.07, 6.45) is 0.431. The van der Waals surface area contributed by atoms with Crippen molar-refractivity contribution in [1.82, 2.24) is 30.0 Å². The number of amides is 1. The van der Waals surface area contributed by atoms with E-state index in [9.17, 15) is 18.0 Å². The number of piperazine rings is 1. The number of ether oxygens (including phenoxy) is 1. The molecule has 1 amide bonds. The maximum atomic E-state index is 13.5. The van der Waals surface area contributed by atoms with E-state index in [1.165, 1.54) is 4.52 Å². The molecule has 0 radical (unpaired) electrons. The van der Waals surface area contributed by atoms with Gasteiger partial charge in [-0.15, -0.1) is 5.10 Å². The van der Waals surface area contributed by atoms with Crippen LogP contribution in [-0.2, 0) is 19.4 Å². The van der Waals surface area contributed by atoms with E-state index in [-0.39, 0.29) is 21.5 Å². The van der Waals surface area contributed by atoms with Gasteiger partial charge >= 0.3 is 0 Å². The third-order valence-electron chi connectivity index (χ3n) is 7.21. The summed E-state index contributed by atoms with van der Waals surface area (Å²) in [5.74, 6) is 0.00977. The lowest BCUT2D eigenvalue weighted by Gasteiger charge is -2.36. The Bertz CT molecular complexity index is 1720. The molecule has 0 bridgehead atoms. The van der Waals surface area contributed by atoms with Gasteiger partial charge in [0.25, 0.3) is 5.56 Å². The van der Waals surface area contributed by atoms with Gasteiger partial charge < -0.3 is 15.0 Å². The highest BCUT2D eigenvalue weighted by molar-refractivity contribution is 7.91. The summed E-state index contributed by atoms with van der Waals surface area (Å²) in [5, 5.41) is 9.77. The summed E-state index contributed by atoms with van der Waals surface area (Å²) in [5.41, 5.74) is 2.38. The van der Waals surface area contributed by atoms with E-state index < -0.39 is 15.4 Å². The molecule has 3 heterocycles. The summed E-state index contributed by atoms with van der Waals surface area (Å²) in [6, 6.07) is 10.5. The number of aromatic amines is 1. The van der Waals surface area contributed by atoms with Crippen molar-refractivity contribution >= 4 is 38.0 Å². The molecule has 212 valence electrons. The molecule has 12 nitrogen and oxygen atoms in total. The van der Waals surface area contributed by atoms with Crippen molar-refractivity contribution in [3.8, 4) is 0 Å².